The number of alkyl halides is 6. The highest BCUT2D eigenvalue weighted by Crippen LogP contribution is 2.20. The maximum atomic E-state index is 4.81. The van der Waals surface area contributed by atoms with Crippen LogP contribution in [0, 0.1) is 27.7 Å². The third-order valence-electron chi connectivity index (χ3n) is 4.33. The van der Waals surface area contributed by atoms with Crippen LogP contribution in [0.15, 0.2) is 36.4 Å². The maximum Gasteiger partial charge on any atom is 0.180 e. The van der Waals surface area contributed by atoms with Crippen molar-refractivity contribution in [2.75, 3.05) is 10.9 Å². The second-order valence-corrected chi connectivity index (χ2v) is 11.0. The van der Waals surface area contributed by atoms with Gasteiger partial charge >= 0.3 is 0 Å². The molecule has 0 saturated heterocycles. The number of aromatic nitrogens is 4. The molecule has 4 aromatic rings. The third kappa shape index (κ3) is 9.25. The van der Waals surface area contributed by atoms with Gasteiger partial charge in [-0.3, -0.25) is 10.9 Å². The van der Waals surface area contributed by atoms with E-state index in [9.17, 15) is 0 Å². The number of hydrazine groups is 1. The number of anilines is 2. The van der Waals surface area contributed by atoms with Gasteiger partial charge in [0.1, 0.15) is 11.6 Å². The first-order valence-electron chi connectivity index (χ1n) is 9.82. The summed E-state index contributed by atoms with van der Waals surface area (Å²) in [6.45, 7) is 8.09. The van der Waals surface area contributed by atoms with Crippen LogP contribution in [-0.2, 0) is 0 Å². The van der Waals surface area contributed by atoms with Gasteiger partial charge in [-0.15, -0.1) is 0 Å². The summed E-state index contributed by atoms with van der Waals surface area (Å²) in [4.78, 5) is 18.2. The average Bonchev–Trinajstić information content (AvgIpc) is 2.70. The largest absolute Gasteiger partial charge is 0.283 e. The molecule has 0 saturated carbocycles. The lowest BCUT2D eigenvalue weighted by molar-refractivity contribution is 1.16. The van der Waals surface area contributed by atoms with Crippen LogP contribution < -0.4 is 10.9 Å². The summed E-state index contributed by atoms with van der Waals surface area (Å²) in [5.41, 5.74) is 11.9. The Morgan fingerprint density at radius 3 is 1.21 bits per heavy atom. The molecule has 0 bridgehead atoms. The molecule has 6 nitrogen and oxygen atoms in total. The Labute approximate surface area is 228 Å². The van der Waals surface area contributed by atoms with E-state index >= 15 is 0 Å². The molecule has 2 N–H and O–H groups in total. The van der Waals surface area contributed by atoms with Crippen molar-refractivity contribution in [1.82, 2.24) is 19.9 Å². The van der Waals surface area contributed by atoms with Gasteiger partial charge in [0, 0.05) is 22.2 Å². The minimum Gasteiger partial charge on any atom is -0.283 e. The monoisotopic (exact) mass is 580 g/mol. The summed E-state index contributed by atoms with van der Waals surface area (Å²) in [7, 11) is 0. The Bertz CT molecular complexity index is 1150. The summed E-state index contributed by atoms with van der Waals surface area (Å²) in [5, 5.41) is 2.11. The first kappa shape index (κ1) is 28.7. The van der Waals surface area contributed by atoms with Crippen LogP contribution in [0.2, 0.25) is 0 Å². The zero-order chi connectivity index (χ0) is 25.4. The van der Waals surface area contributed by atoms with Crippen molar-refractivity contribution in [3.05, 3.63) is 58.9 Å². The van der Waals surface area contributed by atoms with Crippen molar-refractivity contribution in [3.63, 3.8) is 0 Å². The highest BCUT2D eigenvalue weighted by atomic mass is 35.6. The zero-order valence-corrected chi connectivity index (χ0v) is 23.2. The molecule has 4 rings (SSSR count). The Morgan fingerprint density at radius 1 is 0.559 bits per heavy atom. The van der Waals surface area contributed by atoms with E-state index in [0.717, 1.165) is 33.5 Å². The predicted octanol–water partition coefficient (Wildman–Crippen LogP) is 8.22. The Morgan fingerprint density at radius 2 is 0.882 bits per heavy atom. The Kier molecular flexibility index (Phi) is 11.4. The zero-order valence-electron chi connectivity index (χ0n) is 18.7. The fraction of sp³-hybridized carbons (Fsp3) is 0.273. The topological polar surface area (TPSA) is 75.6 Å². The van der Waals surface area contributed by atoms with E-state index in [2.05, 4.69) is 56.8 Å². The lowest BCUT2D eigenvalue weighted by Crippen LogP contribution is -2.11. The van der Waals surface area contributed by atoms with Crippen LogP contribution in [0.1, 0.15) is 22.5 Å². The van der Waals surface area contributed by atoms with Crippen LogP contribution in [0.4, 0.5) is 11.6 Å². The van der Waals surface area contributed by atoms with Crippen LogP contribution in [0.5, 0.6) is 0 Å². The van der Waals surface area contributed by atoms with Crippen LogP contribution in [0.3, 0.4) is 0 Å². The van der Waals surface area contributed by atoms with E-state index in [1.54, 1.807) is 0 Å². The molecule has 0 aromatic carbocycles. The first-order chi connectivity index (χ1) is 16.0. The fourth-order valence-electron chi connectivity index (χ4n) is 3.13. The molecule has 12 heteroatoms. The molecule has 0 radical (unpaired) electrons. The van der Waals surface area contributed by atoms with Crippen LogP contribution in [-0.4, -0.2) is 28.5 Å². The Hall–Kier alpha value is -1.54. The molecule has 0 atom stereocenters. The summed E-state index contributed by atoms with van der Waals surface area (Å²) in [6, 6.07) is 12.0. The molecule has 0 unspecified atom stereocenters. The lowest BCUT2D eigenvalue weighted by atomic mass is 10.1. The highest BCUT2D eigenvalue weighted by molar-refractivity contribution is 6.63. The van der Waals surface area contributed by atoms with Crippen molar-refractivity contribution >= 4 is 103 Å². The highest BCUT2D eigenvalue weighted by Gasteiger charge is 2.06. The van der Waals surface area contributed by atoms with Gasteiger partial charge in [0.15, 0.2) is 19.9 Å². The van der Waals surface area contributed by atoms with E-state index in [1.165, 1.54) is 11.1 Å². The van der Waals surface area contributed by atoms with Crippen LogP contribution in [0.25, 0.3) is 22.1 Å². The standard InChI is InChI=1S/C20H20N6.2CHCl3/c1-11-9-13(3)21-19-15(11)5-7-17(23-19)25-26-18-8-6-16-12(2)10-14(4)22-20(16)24-18;2*2-1(3)4/h5-10H,1-4H3,(H,21,23,25)(H,22,24,26);2*1H. The van der Waals surface area contributed by atoms with Gasteiger partial charge in [-0.1, -0.05) is 69.6 Å². The molecule has 4 heterocycles. The van der Waals surface area contributed by atoms with E-state index in [-0.39, 0.29) is 0 Å². The smallest absolute Gasteiger partial charge is 0.180 e. The minimum absolute atomic E-state index is 0.685. The van der Waals surface area contributed by atoms with Gasteiger partial charge < -0.3 is 0 Å². The summed E-state index contributed by atoms with van der Waals surface area (Å²) < 4.78 is -1.50. The molecule has 34 heavy (non-hydrogen) atoms. The Balaban J connectivity index is 0.000000446. The van der Waals surface area contributed by atoms with Gasteiger partial charge in [-0.2, -0.15) is 0 Å². The number of aryl methyl sites for hydroxylation is 4. The third-order valence-corrected chi connectivity index (χ3v) is 4.33. The maximum absolute atomic E-state index is 4.81. The molecule has 0 fully saturated rings. The summed E-state index contributed by atoms with van der Waals surface area (Å²) >= 11 is 28.8. The van der Waals surface area contributed by atoms with E-state index in [0.29, 0.717) is 11.6 Å². The number of halogens is 6. The van der Waals surface area contributed by atoms with Gasteiger partial charge in [0.25, 0.3) is 0 Å². The van der Waals surface area contributed by atoms with Crippen molar-refractivity contribution < 1.29 is 0 Å². The second kappa shape index (κ2) is 13.5. The predicted molar refractivity (Wildman–Crippen MR) is 148 cm³/mol. The van der Waals surface area contributed by atoms with E-state index in [1.807, 2.05) is 38.1 Å². The molecule has 4 aromatic heterocycles. The van der Waals surface area contributed by atoms with Gasteiger partial charge in [0.05, 0.1) is 0 Å². The molecule has 182 valence electrons. The average molecular weight is 583 g/mol. The normalized spacial score (nSPS) is 10.6. The molecule has 0 spiro atoms. The molecular formula is C22H22Cl6N6. The van der Waals surface area contributed by atoms with E-state index < -0.39 is 8.59 Å². The number of hydrogen-bond donors (Lipinski definition) is 2. The van der Waals surface area contributed by atoms with Crippen molar-refractivity contribution in [1.29, 1.82) is 0 Å². The van der Waals surface area contributed by atoms with Gasteiger partial charge in [-0.05, 0) is 75.2 Å². The van der Waals surface area contributed by atoms with Crippen molar-refractivity contribution in [2.24, 2.45) is 0 Å². The SMILES string of the molecule is Cc1cc(C)c2ccc(NNc3ccc4c(C)cc(C)nc4n3)nc2n1.ClC(Cl)Cl.ClC(Cl)Cl. The number of pyridine rings is 4. The number of fused-ring (bicyclic) bond motifs is 2. The van der Waals surface area contributed by atoms with Gasteiger partial charge in [0.2, 0.25) is 0 Å². The summed E-state index contributed by atoms with van der Waals surface area (Å²) in [6.07, 6.45) is 0. The minimum atomic E-state index is -0.750. The number of nitrogens with one attached hydrogen (secondary N) is 2. The van der Waals surface area contributed by atoms with Crippen LogP contribution >= 0.6 is 69.6 Å². The van der Waals surface area contributed by atoms with Crippen molar-refractivity contribution in [2.45, 2.75) is 36.3 Å². The quantitative estimate of drug-likeness (QED) is 0.187. The molecular weight excluding hydrogens is 561 g/mol. The number of nitrogens with zero attached hydrogens (tertiary/aromatic N) is 4. The van der Waals surface area contributed by atoms with Gasteiger partial charge in [-0.25, -0.2) is 19.9 Å². The number of rotatable bonds is 3. The molecule has 0 aliphatic carbocycles. The summed E-state index contributed by atoms with van der Waals surface area (Å²) in [5.74, 6) is 1.37. The van der Waals surface area contributed by atoms with Crippen molar-refractivity contribution in [3.8, 4) is 0 Å². The lowest BCUT2D eigenvalue weighted by Gasteiger charge is -2.11. The second-order valence-electron chi connectivity index (χ2n) is 7.04. The molecule has 0 amide bonds. The number of hydrogen-bond acceptors (Lipinski definition) is 6. The molecule has 0 aliphatic heterocycles. The first-order valence-corrected chi connectivity index (χ1v) is 12.4. The fourth-order valence-corrected chi connectivity index (χ4v) is 3.13. The molecule has 0 aliphatic rings. The van der Waals surface area contributed by atoms with E-state index in [4.69, 9.17) is 69.6 Å².